The maximum absolute atomic E-state index is 10.7. The van der Waals surface area contributed by atoms with Gasteiger partial charge in [-0.3, -0.25) is 9.69 Å². The zero-order valence-electron chi connectivity index (χ0n) is 12.6. The molecule has 0 bridgehead atoms. The third kappa shape index (κ3) is 3.21. The molecule has 1 aromatic carbocycles. The van der Waals surface area contributed by atoms with Crippen LogP contribution in [0.5, 0.6) is 17.2 Å². The second kappa shape index (κ2) is 6.67. The summed E-state index contributed by atoms with van der Waals surface area (Å²) in [6.45, 7) is 2.05. The van der Waals surface area contributed by atoms with Gasteiger partial charge in [-0.25, -0.2) is 0 Å². The first-order chi connectivity index (χ1) is 10.1. The molecule has 0 saturated heterocycles. The van der Waals surface area contributed by atoms with Crippen molar-refractivity contribution in [3.8, 4) is 17.2 Å². The molecular weight excluding hydrogens is 274 g/mol. The second-order valence-corrected chi connectivity index (χ2v) is 4.95. The first-order valence-electron chi connectivity index (χ1n) is 6.85. The highest BCUT2D eigenvalue weighted by atomic mass is 16.5. The summed E-state index contributed by atoms with van der Waals surface area (Å²) in [5.74, 6) is 1.18. The molecule has 6 heteroatoms. The van der Waals surface area contributed by atoms with Gasteiger partial charge in [0.15, 0.2) is 11.5 Å². The van der Waals surface area contributed by atoms with Crippen LogP contribution in [0.25, 0.3) is 0 Å². The number of nitrogens with zero attached hydrogens (tertiary/aromatic N) is 1. The lowest BCUT2D eigenvalue weighted by molar-refractivity contribution is -0.137. The lowest BCUT2D eigenvalue weighted by Gasteiger charge is -2.30. The van der Waals surface area contributed by atoms with E-state index in [4.69, 9.17) is 19.3 Å². The third-order valence-corrected chi connectivity index (χ3v) is 3.74. The number of carboxylic acid groups (broad SMARTS) is 1. The smallest absolute Gasteiger partial charge is 0.304 e. The fraction of sp³-hybridized carbons (Fsp3) is 0.533. The van der Waals surface area contributed by atoms with E-state index in [1.165, 1.54) is 0 Å². The van der Waals surface area contributed by atoms with E-state index in [0.29, 0.717) is 30.3 Å². The summed E-state index contributed by atoms with van der Waals surface area (Å²) in [5, 5.41) is 8.79. The summed E-state index contributed by atoms with van der Waals surface area (Å²) < 4.78 is 16.2. The number of carbonyl (C=O) groups is 1. The summed E-state index contributed by atoms with van der Waals surface area (Å²) in [5.41, 5.74) is 2.21. The van der Waals surface area contributed by atoms with Crippen molar-refractivity contribution >= 4 is 5.97 Å². The Morgan fingerprint density at radius 3 is 2.52 bits per heavy atom. The van der Waals surface area contributed by atoms with Crippen LogP contribution >= 0.6 is 0 Å². The van der Waals surface area contributed by atoms with E-state index in [9.17, 15) is 4.79 Å². The number of carboxylic acids is 1. The molecule has 21 heavy (non-hydrogen) atoms. The molecule has 1 aromatic rings. The van der Waals surface area contributed by atoms with Gasteiger partial charge in [-0.2, -0.15) is 0 Å². The molecule has 0 atom stereocenters. The Kier molecular flexibility index (Phi) is 4.90. The van der Waals surface area contributed by atoms with Gasteiger partial charge in [0, 0.05) is 25.2 Å². The average Bonchev–Trinajstić information content (AvgIpc) is 2.50. The van der Waals surface area contributed by atoms with Crippen molar-refractivity contribution in [1.29, 1.82) is 0 Å². The minimum Gasteiger partial charge on any atom is -0.493 e. The van der Waals surface area contributed by atoms with E-state index in [-0.39, 0.29) is 6.42 Å². The van der Waals surface area contributed by atoms with Gasteiger partial charge in [-0.15, -0.1) is 0 Å². The van der Waals surface area contributed by atoms with Crippen molar-refractivity contribution in [1.82, 2.24) is 4.90 Å². The van der Waals surface area contributed by atoms with Crippen LogP contribution in [-0.4, -0.2) is 50.4 Å². The zero-order valence-corrected chi connectivity index (χ0v) is 12.6. The highest BCUT2D eigenvalue weighted by Gasteiger charge is 2.25. The van der Waals surface area contributed by atoms with Crippen LogP contribution in [0, 0.1) is 0 Å². The van der Waals surface area contributed by atoms with Crippen LogP contribution in [0.3, 0.4) is 0 Å². The Morgan fingerprint density at radius 2 is 1.95 bits per heavy atom. The number of ether oxygens (including phenoxy) is 3. The van der Waals surface area contributed by atoms with Crippen LogP contribution in [0.15, 0.2) is 6.07 Å². The molecule has 1 aliphatic rings. The molecule has 6 nitrogen and oxygen atoms in total. The molecule has 1 heterocycles. The van der Waals surface area contributed by atoms with Gasteiger partial charge in [-0.1, -0.05) is 0 Å². The molecule has 116 valence electrons. The van der Waals surface area contributed by atoms with Crippen molar-refractivity contribution in [3.63, 3.8) is 0 Å². The predicted octanol–water partition coefficient (Wildman–Crippen LogP) is 1.55. The molecule has 0 spiro atoms. The summed E-state index contributed by atoms with van der Waals surface area (Å²) in [6.07, 6.45) is 0.957. The molecule has 0 fully saturated rings. The molecule has 1 aliphatic heterocycles. The number of benzene rings is 1. The Hall–Kier alpha value is -1.95. The summed E-state index contributed by atoms with van der Waals surface area (Å²) in [4.78, 5) is 12.8. The normalized spacial score (nSPS) is 14.4. The fourth-order valence-corrected chi connectivity index (χ4v) is 2.72. The number of aliphatic carboxylic acids is 1. The van der Waals surface area contributed by atoms with Gasteiger partial charge in [-0.05, 0) is 18.1 Å². The van der Waals surface area contributed by atoms with Crippen molar-refractivity contribution in [2.75, 3.05) is 34.4 Å². The summed E-state index contributed by atoms with van der Waals surface area (Å²) >= 11 is 0. The van der Waals surface area contributed by atoms with Crippen molar-refractivity contribution in [2.24, 2.45) is 0 Å². The molecule has 0 aliphatic carbocycles. The van der Waals surface area contributed by atoms with Gasteiger partial charge >= 0.3 is 5.97 Å². The Balaban J connectivity index is 2.29. The number of hydrogen-bond donors (Lipinski definition) is 1. The first kappa shape index (κ1) is 15.4. The number of hydrogen-bond acceptors (Lipinski definition) is 5. The van der Waals surface area contributed by atoms with E-state index in [1.807, 2.05) is 6.07 Å². The van der Waals surface area contributed by atoms with Gasteiger partial charge in [0.2, 0.25) is 5.75 Å². The molecule has 2 rings (SSSR count). The SMILES string of the molecule is COc1cc2c(c(OC)c1OC)CCN(CCC(=O)O)C2. The fourth-order valence-electron chi connectivity index (χ4n) is 2.72. The standard InChI is InChI=1S/C15H21NO5/c1-19-12-8-10-9-16(7-5-13(17)18)6-4-11(10)14(20-2)15(12)21-3/h8H,4-7,9H2,1-3H3,(H,17,18). The van der Waals surface area contributed by atoms with E-state index in [0.717, 1.165) is 24.1 Å². The first-order valence-corrected chi connectivity index (χ1v) is 6.85. The van der Waals surface area contributed by atoms with Crippen molar-refractivity contribution < 1.29 is 24.1 Å². The van der Waals surface area contributed by atoms with E-state index >= 15 is 0 Å². The lowest BCUT2D eigenvalue weighted by atomic mass is 9.97. The van der Waals surface area contributed by atoms with Crippen LogP contribution in [0.4, 0.5) is 0 Å². The monoisotopic (exact) mass is 295 g/mol. The summed E-state index contributed by atoms with van der Waals surface area (Å²) in [6, 6.07) is 1.95. The van der Waals surface area contributed by atoms with E-state index in [1.54, 1.807) is 21.3 Å². The minimum absolute atomic E-state index is 0.153. The molecule has 0 unspecified atom stereocenters. The minimum atomic E-state index is -0.773. The molecule has 0 saturated carbocycles. The third-order valence-electron chi connectivity index (χ3n) is 3.74. The van der Waals surface area contributed by atoms with E-state index < -0.39 is 5.97 Å². The molecule has 0 aromatic heterocycles. The van der Waals surface area contributed by atoms with Gasteiger partial charge in [0.05, 0.1) is 27.8 Å². The number of rotatable bonds is 6. The highest BCUT2D eigenvalue weighted by Crippen LogP contribution is 2.43. The Morgan fingerprint density at radius 1 is 1.24 bits per heavy atom. The van der Waals surface area contributed by atoms with E-state index in [2.05, 4.69) is 4.90 Å². The maximum atomic E-state index is 10.7. The summed E-state index contributed by atoms with van der Waals surface area (Å²) in [7, 11) is 4.80. The number of fused-ring (bicyclic) bond motifs is 1. The van der Waals surface area contributed by atoms with Crippen LogP contribution in [-0.2, 0) is 17.8 Å². The topological polar surface area (TPSA) is 68.2 Å². The van der Waals surface area contributed by atoms with Crippen LogP contribution < -0.4 is 14.2 Å². The molecule has 1 N–H and O–H groups in total. The predicted molar refractivity (Wildman–Crippen MR) is 77.3 cm³/mol. The van der Waals surface area contributed by atoms with Crippen molar-refractivity contribution in [3.05, 3.63) is 17.2 Å². The molecule has 0 amide bonds. The zero-order chi connectivity index (χ0) is 15.4. The Bertz CT molecular complexity index is 529. The van der Waals surface area contributed by atoms with Crippen LogP contribution in [0.1, 0.15) is 17.5 Å². The van der Waals surface area contributed by atoms with Crippen LogP contribution in [0.2, 0.25) is 0 Å². The second-order valence-electron chi connectivity index (χ2n) is 4.95. The molecule has 0 radical (unpaired) electrons. The average molecular weight is 295 g/mol. The lowest BCUT2D eigenvalue weighted by Crippen LogP contribution is -2.32. The quantitative estimate of drug-likeness (QED) is 0.858. The van der Waals surface area contributed by atoms with Gasteiger partial charge in [0.25, 0.3) is 0 Å². The largest absolute Gasteiger partial charge is 0.493 e. The van der Waals surface area contributed by atoms with Gasteiger partial charge in [0.1, 0.15) is 0 Å². The van der Waals surface area contributed by atoms with Crippen molar-refractivity contribution in [2.45, 2.75) is 19.4 Å². The maximum Gasteiger partial charge on any atom is 0.304 e. The molecular formula is C15H21NO5. The van der Waals surface area contributed by atoms with Gasteiger partial charge < -0.3 is 19.3 Å². The highest BCUT2D eigenvalue weighted by molar-refractivity contribution is 5.67. The Labute approximate surface area is 124 Å². The number of methoxy groups -OCH3 is 3.